The highest BCUT2D eigenvalue weighted by molar-refractivity contribution is 5.76. The lowest BCUT2D eigenvalue weighted by molar-refractivity contribution is 0.0512. The summed E-state index contributed by atoms with van der Waals surface area (Å²) in [6.07, 6.45) is 10.7. The molecule has 1 fully saturated rings. The lowest BCUT2D eigenvalue weighted by atomic mass is 9.92. The van der Waals surface area contributed by atoms with Crippen molar-refractivity contribution >= 4 is 17.3 Å². The standard InChI is InChI=1S/C29H42N6O5/c1-20(37-3)11-12-21(18-36-2)16-34(17-22-13-14-23(38-4)15-26(22)40-6)28-27(30)29(33-19-32-28)35(31)24-9-7-8-10-25(24)39-5/h11-15,18-19,24-25H,1,7-10,16-17,30-31H2,2-6H3/b12-11-,21-18-. The number of hydrazine groups is 1. The van der Waals surface area contributed by atoms with Gasteiger partial charge in [0.05, 0.1) is 46.8 Å². The Morgan fingerprint density at radius 2 is 1.80 bits per heavy atom. The van der Waals surface area contributed by atoms with Gasteiger partial charge in [0.1, 0.15) is 29.3 Å². The number of hydrogen-bond donors (Lipinski definition) is 2. The van der Waals surface area contributed by atoms with Gasteiger partial charge in [0.15, 0.2) is 11.6 Å². The van der Waals surface area contributed by atoms with Crippen molar-refractivity contribution in [2.45, 2.75) is 44.4 Å². The molecule has 2 atom stereocenters. The van der Waals surface area contributed by atoms with Gasteiger partial charge in [0, 0.05) is 37.4 Å². The molecule has 0 amide bonds. The Labute approximate surface area is 237 Å². The molecule has 1 aliphatic rings. The maximum absolute atomic E-state index is 6.76. The number of nitrogens with zero attached hydrogens (tertiary/aromatic N) is 4. The van der Waals surface area contributed by atoms with E-state index in [9.17, 15) is 0 Å². The van der Waals surface area contributed by atoms with Crippen LogP contribution in [-0.2, 0) is 20.8 Å². The number of rotatable bonds is 14. The molecule has 0 radical (unpaired) electrons. The van der Waals surface area contributed by atoms with E-state index in [4.69, 9.17) is 35.3 Å². The molecule has 1 saturated carbocycles. The van der Waals surface area contributed by atoms with E-state index in [1.807, 2.05) is 29.2 Å². The molecule has 0 saturated heterocycles. The number of allylic oxidation sites excluding steroid dienone is 1. The Hall–Kier alpha value is -3.96. The Morgan fingerprint density at radius 3 is 2.48 bits per heavy atom. The van der Waals surface area contributed by atoms with Crippen molar-refractivity contribution in [1.82, 2.24) is 9.97 Å². The zero-order chi connectivity index (χ0) is 29.1. The number of ether oxygens (including phenoxy) is 5. The number of anilines is 3. The molecule has 3 rings (SSSR count). The molecular formula is C29H42N6O5. The molecule has 40 heavy (non-hydrogen) atoms. The molecule has 1 aromatic heterocycles. The third kappa shape index (κ3) is 7.57. The highest BCUT2D eigenvalue weighted by atomic mass is 16.5. The first-order valence-corrected chi connectivity index (χ1v) is 13.1. The molecule has 1 aromatic carbocycles. The Morgan fingerprint density at radius 1 is 1.05 bits per heavy atom. The minimum absolute atomic E-state index is 0.00788. The van der Waals surface area contributed by atoms with Crippen molar-refractivity contribution in [3.63, 3.8) is 0 Å². The highest BCUT2D eigenvalue weighted by Crippen LogP contribution is 2.35. The van der Waals surface area contributed by atoms with E-state index in [2.05, 4.69) is 16.5 Å². The van der Waals surface area contributed by atoms with Crippen molar-refractivity contribution in [2.75, 3.05) is 57.7 Å². The summed E-state index contributed by atoms with van der Waals surface area (Å²) < 4.78 is 27.3. The van der Waals surface area contributed by atoms with Crippen LogP contribution in [0.5, 0.6) is 11.5 Å². The number of nitrogen functional groups attached to an aromatic ring is 1. The second kappa shape index (κ2) is 15.0. The lowest BCUT2D eigenvalue weighted by Crippen LogP contribution is -2.51. The van der Waals surface area contributed by atoms with E-state index in [-0.39, 0.29) is 12.1 Å². The SMILES string of the molecule is C=C(/C=C\C(=C\OC)CN(Cc1ccc(OC)cc1OC)c1ncnc(N(N)C2CCCCC2OC)c1N)OC. The molecule has 0 aliphatic heterocycles. The number of methoxy groups -OCH3 is 5. The van der Waals surface area contributed by atoms with Crippen LogP contribution in [0.25, 0.3) is 0 Å². The molecule has 2 unspecified atom stereocenters. The van der Waals surface area contributed by atoms with E-state index >= 15 is 0 Å². The average molecular weight is 555 g/mol. The van der Waals surface area contributed by atoms with Crippen LogP contribution in [0, 0.1) is 0 Å². The Balaban J connectivity index is 2.05. The first-order valence-electron chi connectivity index (χ1n) is 13.1. The van der Waals surface area contributed by atoms with E-state index in [1.165, 1.54) is 6.33 Å². The number of aromatic nitrogens is 2. The zero-order valence-corrected chi connectivity index (χ0v) is 24.1. The Bertz CT molecular complexity index is 1190. The van der Waals surface area contributed by atoms with Gasteiger partial charge in [-0.05, 0) is 31.1 Å². The smallest absolute Gasteiger partial charge is 0.171 e. The van der Waals surface area contributed by atoms with Gasteiger partial charge in [-0.1, -0.05) is 25.5 Å². The molecule has 0 bridgehead atoms. The average Bonchev–Trinajstić information content (AvgIpc) is 2.99. The van der Waals surface area contributed by atoms with Gasteiger partial charge in [0.25, 0.3) is 0 Å². The second-order valence-electron chi connectivity index (χ2n) is 9.43. The first kappa shape index (κ1) is 30.6. The normalized spacial score (nSPS) is 17.4. The summed E-state index contributed by atoms with van der Waals surface area (Å²) in [6, 6.07) is 5.62. The van der Waals surface area contributed by atoms with Gasteiger partial charge in [-0.3, -0.25) is 5.01 Å². The van der Waals surface area contributed by atoms with Crippen LogP contribution in [0.3, 0.4) is 0 Å². The fraction of sp³-hybridized carbons (Fsp3) is 0.448. The molecule has 2 aromatic rings. The van der Waals surface area contributed by atoms with Crippen LogP contribution in [-0.4, -0.2) is 64.2 Å². The molecule has 1 aliphatic carbocycles. The fourth-order valence-corrected chi connectivity index (χ4v) is 4.83. The van der Waals surface area contributed by atoms with Crippen molar-refractivity contribution < 1.29 is 23.7 Å². The molecular weight excluding hydrogens is 512 g/mol. The predicted octanol–water partition coefficient (Wildman–Crippen LogP) is 3.97. The third-order valence-electron chi connectivity index (χ3n) is 6.96. The Kier molecular flexibility index (Phi) is 11.5. The van der Waals surface area contributed by atoms with Gasteiger partial charge in [-0.15, -0.1) is 0 Å². The van der Waals surface area contributed by atoms with Crippen LogP contribution in [0.4, 0.5) is 17.3 Å². The van der Waals surface area contributed by atoms with Gasteiger partial charge < -0.3 is 34.3 Å². The van der Waals surface area contributed by atoms with Crippen LogP contribution in [0.1, 0.15) is 31.2 Å². The van der Waals surface area contributed by atoms with Gasteiger partial charge in [0.2, 0.25) is 0 Å². The van der Waals surface area contributed by atoms with Crippen molar-refractivity contribution in [2.24, 2.45) is 5.84 Å². The van der Waals surface area contributed by atoms with Crippen molar-refractivity contribution in [3.8, 4) is 11.5 Å². The highest BCUT2D eigenvalue weighted by Gasteiger charge is 2.32. The summed E-state index contributed by atoms with van der Waals surface area (Å²) in [6.45, 7) is 4.65. The minimum atomic E-state index is -0.0501. The number of benzene rings is 1. The number of nitrogens with two attached hydrogens (primary N) is 2. The van der Waals surface area contributed by atoms with Crippen LogP contribution < -0.4 is 31.0 Å². The summed E-state index contributed by atoms with van der Waals surface area (Å²) in [5.74, 6) is 9.48. The summed E-state index contributed by atoms with van der Waals surface area (Å²) in [5.41, 5.74) is 8.85. The van der Waals surface area contributed by atoms with E-state index in [1.54, 1.807) is 52.9 Å². The molecule has 218 valence electrons. The fourth-order valence-electron chi connectivity index (χ4n) is 4.83. The largest absolute Gasteiger partial charge is 0.504 e. The van der Waals surface area contributed by atoms with Gasteiger partial charge in [-0.25, -0.2) is 15.8 Å². The predicted molar refractivity (Wildman–Crippen MR) is 157 cm³/mol. The van der Waals surface area contributed by atoms with E-state index in [0.717, 1.165) is 36.8 Å². The van der Waals surface area contributed by atoms with E-state index < -0.39 is 0 Å². The molecule has 11 nitrogen and oxygen atoms in total. The number of hydrogen-bond acceptors (Lipinski definition) is 11. The lowest BCUT2D eigenvalue weighted by Gasteiger charge is -2.37. The summed E-state index contributed by atoms with van der Waals surface area (Å²) in [5, 5.41) is 1.63. The quantitative estimate of drug-likeness (QED) is 0.152. The van der Waals surface area contributed by atoms with Crippen LogP contribution in [0.15, 0.2) is 60.9 Å². The molecule has 4 N–H and O–H groups in total. The summed E-state index contributed by atoms with van der Waals surface area (Å²) >= 11 is 0. The molecule has 11 heteroatoms. The van der Waals surface area contributed by atoms with E-state index in [0.29, 0.717) is 47.7 Å². The first-order chi connectivity index (χ1) is 19.4. The molecule has 1 heterocycles. The molecule has 0 spiro atoms. The summed E-state index contributed by atoms with van der Waals surface area (Å²) in [7, 11) is 8.11. The monoisotopic (exact) mass is 554 g/mol. The maximum Gasteiger partial charge on any atom is 0.171 e. The second-order valence-corrected chi connectivity index (χ2v) is 9.43. The topological polar surface area (TPSA) is 130 Å². The van der Waals surface area contributed by atoms with Crippen LogP contribution >= 0.6 is 0 Å². The zero-order valence-electron chi connectivity index (χ0n) is 24.1. The van der Waals surface area contributed by atoms with Gasteiger partial charge in [-0.2, -0.15) is 0 Å². The minimum Gasteiger partial charge on any atom is -0.504 e. The maximum atomic E-state index is 6.76. The third-order valence-corrected chi connectivity index (χ3v) is 6.96. The summed E-state index contributed by atoms with van der Waals surface area (Å²) in [4.78, 5) is 11.1. The van der Waals surface area contributed by atoms with Gasteiger partial charge >= 0.3 is 0 Å². The van der Waals surface area contributed by atoms with Crippen molar-refractivity contribution in [1.29, 1.82) is 0 Å². The van der Waals surface area contributed by atoms with Crippen LogP contribution in [0.2, 0.25) is 0 Å². The van der Waals surface area contributed by atoms with Crippen molar-refractivity contribution in [3.05, 3.63) is 66.4 Å².